The third-order valence-corrected chi connectivity index (χ3v) is 4.80. The van der Waals surface area contributed by atoms with Crippen LogP contribution in [0.5, 0.6) is 0 Å². The molecule has 164 valence electrons. The summed E-state index contributed by atoms with van der Waals surface area (Å²) in [6.07, 6.45) is 17.6. The molecular weight excluding hydrogens is 356 g/mol. The number of nitrogens with two attached hydrogens (primary N) is 1. The van der Waals surface area contributed by atoms with Crippen LogP contribution in [0.2, 0.25) is 0 Å². The Labute approximate surface area is 171 Å². The number of amides is 1. The summed E-state index contributed by atoms with van der Waals surface area (Å²) in [5, 5.41) is 2.84. The Morgan fingerprint density at radius 2 is 1.04 bits per heavy atom. The van der Waals surface area contributed by atoms with Gasteiger partial charge in [-0.15, -0.1) is 0 Å². The third kappa shape index (κ3) is 19.3. The van der Waals surface area contributed by atoms with Gasteiger partial charge in [0.25, 0.3) is 0 Å². The van der Waals surface area contributed by atoms with Crippen molar-refractivity contribution in [3.8, 4) is 0 Å². The molecule has 0 atom stereocenters. The lowest BCUT2D eigenvalue weighted by Crippen LogP contribution is -2.21. The first-order valence-corrected chi connectivity index (χ1v) is 11.3. The van der Waals surface area contributed by atoms with Crippen LogP contribution in [-0.2, 0) is 19.1 Å². The van der Waals surface area contributed by atoms with Crippen LogP contribution >= 0.6 is 0 Å². The molecule has 6 heteroatoms. The van der Waals surface area contributed by atoms with Crippen molar-refractivity contribution in [2.45, 2.75) is 110 Å². The van der Waals surface area contributed by atoms with E-state index >= 15 is 0 Å². The number of hydrogen-bond acceptors (Lipinski definition) is 5. The Kier molecular flexibility index (Phi) is 19.3. The molecule has 0 aromatic rings. The summed E-state index contributed by atoms with van der Waals surface area (Å²) >= 11 is 0. The largest absolute Gasteiger partial charge is 0.392 e. The molecule has 0 fully saturated rings. The van der Waals surface area contributed by atoms with Crippen molar-refractivity contribution in [1.82, 2.24) is 5.32 Å². The molecule has 0 saturated carbocycles. The van der Waals surface area contributed by atoms with Crippen LogP contribution in [0.1, 0.15) is 110 Å². The highest BCUT2D eigenvalue weighted by molar-refractivity contribution is 5.86. The van der Waals surface area contributed by atoms with Crippen molar-refractivity contribution >= 4 is 17.8 Å². The monoisotopic (exact) mass is 398 g/mol. The van der Waals surface area contributed by atoms with Gasteiger partial charge in [0.2, 0.25) is 5.91 Å². The molecule has 0 heterocycles. The first kappa shape index (κ1) is 26.6. The molecule has 0 aliphatic rings. The summed E-state index contributed by atoms with van der Waals surface area (Å²) in [6.45, 7) is 2.44. The molecule has 0 radical (unpaired) electrons. The Bertz CT molecular complexity index is 413. The number of ether oxygens (including phenoxy) is 1. The minimum absolute atomic E-state index is 0.184. The lowest BCUT2D eigenvalue weighted by atomic mass is 10.0. The Balaban J connectivity index is 3.17. The predicted molar refractivity (Wildman–Crippen MR) is 113 cm³/mol. The zero-order valence-electron chi connectivity index (χ0n) is 17.9. The summed E-state index contributed by atoms with van der Waals surface area (Å²) in [7, 11) is 0. The first-order chi connectivity index (χ1) is 13.6. The van der Waals surface area contributed by atoms with Gasteiger partial charge in [-0.2, -0.15) is 0 Å². The second kappa shape index (κ2) is 20.3. The lowest BCUT2D eigenvalue weighted by Gasteiger charge is -2.04. The van der Waals surface area contributed by atoms with Crippen molar-refractivity contribution in [3.05, 3.63) is 0 Å². The summed E-state index contributed by atoms with van der Waals surface area (Å²) < 4.78 is 4.52. The zero-order valence-corrected chi connectivity index (χ0v) is 17.9. The van der Waals surface area contributed by atoms with E-state index in [0.717, 1.165) is 38.6 Å². The van der Waals surface area contributed by atoms with Gasteiger partial charge in [0.1, 0.15) is 0 Å². The van der Waals surface area contributed by atoms with Crippen LogP contribution in [0.3, 0.4) is 0 Å². The topological polar surface area (TPSA) is 98.5 Å². The Morgan fingerprint density at radius 3 is 1.43 bits per heavy atom. The van der Waals surface area contributed by atoms with Gasteiger partial charge in [0.05, 0.1) is 6.54 Å². The number of carbonyl (C=O) groups excluding carboxylic acids is 3. The second-order valence-electron chi connectivity index (χ2n) is 7.45. The minimum Gasteiger partial charge on any atom is -0.392 e. The van der Waals surface area contributed by atoms with E-state index in [1.807, 2.05) is 6.92 Å². The molecule has 0 aromatic carbocycles. The molecule has 28 heavy (non-hydrogen) atoms. The molecule has 0 unspecified atom stereocenters. The van der Waals surface area contributed by atoms with Gasteiger partial charge in [-0.25, -0.2) is 0 Å². The maximum atomic E-state index is 11.3. The van der Waals surface area contributed by atoms with E-state index in [9.17, 15) is 14.4 Å². The van der Waals surface area contributed by atoms with E-state index in [4.69, 9.17) is 5.73 Å². The van der Waals surface area contributed by atoms with Crippen LogP contribution in [0.15, 0.2) is 0 Å². The maximum Gasteiger partial charge on any atom is 0.327 e. The van der Waals surface area contributed by atoms with Crippen LogP contribution in [0.25, 0.3) is 0 Å². The molecule has 6 nitrogen and oxygen atoms in total. The Morgan fingerprint density at radius 1 is 0.643 bits per heavy atom. The summed E-state index contributed by atoms with van der Waals surface area (Å²) in [4.78, 5) is 33.4. The van der Waals surface area contributed by atoms with Crippen molar-refractivity contribution in [2.75, 3.05) is 13.1 Å². The lowest BCUT2D eigenvalue weighted by molar-refractivity contribution is -0.158. The van der Waals surface area contributed by atoms with Crippen molar-refractivity contribution in [3.63, 3.8) is 0 Å². The fraction of sp³-hybridized carbons (Fsp3) is 0.864. The normalized spacial score (nSPS) is 10.6. The van der Waals surface area contributed by atoms with E-state index in [-0.39, 0.29) is 12.5 Å². The van der Waals surface area contributed by atoms with E-state index in [1.165, 1.54) is 57.8 Å². The smallest absolute Gasteiger partial charge is 0.327 e. The highest BCUT2D eigenvalue weighted by Gasteiger charge is 2.07. The van der Waals surface area contributed by atoms with Gasteiger partial charge in [0, 0.05) is 19.4 Å². The number of hydrogen-bond donors (Lipinski definition) is 2. The standard InChI is InChI=1S/C22H42N2O4/c1-2-24-20(25)17-15-13-11-9-7-5-3-4-6-8-10-12-14-16-18-21(26)28-22(27)19-23/h2-19,23H2,1H3,(H,24,25). The molecular formula is C22H42N2O4. The number of carbonyl (C=O) groups is 3. The number of rotatable bonds is 19. The molecule has 3 N–H and O–H groups in total. The Hall–Kier alpha value is -1.43. The molecule has 0 saturated heterocycles. The van der Waals surface area contributed by atoms with Crippen molar-refractivity contribution < 1.29 is 19.1 Å². The maximum absolute atomic E-state index is 11.3. The van der Waals surface area contributed by atoms with E-state index in [2.05, 4.69) is 10.1 Å². The van der Waals surface area contributed by atoms with E-state index in [0.29, 0.717) is 12.8 Å². The molecule has 0 spiro atoms. The summed E-state index contributed by atoms with van der Waals surface area (Å²) in [5.74, 6) is -0.928. The number of esters is 2. The van der Waals surface area contributed by atoms with Crippen LogP contribution < -0.4 is 11.1 Å². The average Bonchev–Trinajstić information content (AvgIpc) is 2.67. The molecule has 0 rings (SSSR count). The van der Waals surface area contributed by atoms with Crippen LogP contribution in [0, 0.1) is 0 Å². The van der Waals surface area contributed by atoms with Gasteiger partial charge < -0.3 is 15.8 Å². The fourth-order valence-corrected chi connectivity index (χ4v) is 3.18. The molecule has 0 aromatic heterocycles. The molecule has 0 aliphatic carbocycles. The minimum atomic E-state index is -0.651. The average molecular weight is 399 g/mol. The molecule has 0 aliphatic heterocycles. The SMILES string of the molecule is CCNC(=O)CCCCCCCCCCCCCCCCC(=O)OC(=O)CN. The first-order valence-electron chi connectivity index (χ1n) is 11.3. The second-order valence-corrected chi connectivity index (χ2v) is 7.45. The van der Waals surface area contributed by atoms with Gasteiger partial charge in [-0.3, -0.25) is 14.4 Å². The van der Waals surface area contributed by atoms with Gasteiger partial charge in [-0.1, -0.05) is 77.0 Å². The zero-order chi connectivity index (χ0) is 20.9. The van der Waals surface area contributed by atoms with Crippen LogP contribution in [0.4, 0.5) is 0 Å². The van der Waals surface area contributed by atoms with Crippen LogP contribution in [-0.4, -0.2) is 30.9 Å². The van der Waals surface area contributed by atoms with Crippen molar-refractivity contribution in [1.29, 1.82) is 0 Å². The predicted octanol–water partition coefficient (Wildman–Crippen LogP) is 4.39. The van der Waals surface area contributed by atoms with Crippen molar-refractivity contribution in [2.24, 2.45) is 5.73 Å². The summed E-state index contributed by atoms with van der Waals surface area (Å²) in [6, 6.07) is 0. The molecule has 1 amide bonds. The quantitative estimate of drug-likeness (QED) is 0.191. The third-order valence-electron chi connectivity index (χ3n) is 4.80. The number of nitrogens with one attached hydrogen (secondary N) is 1. The van der Waals surface area contributed by atoms with E-state index < -0.39 is 11.9 Å². The highest BCUT2D eigenvalue weighted by Crippen LogP contribution is 2.13. The number of unbranched alkanes of at least 4 members (excludes halogenated alkanes) is 13. The van der Waals surface area contributed by atoms with Gasteiger partial charge in [-0.05, 0) is 19.8 Å². The highest BCUT2D eigenvalue weighted by atomic mass is 16.6. The van der Waals surface area contributed by atoms with Gasteiger partial charge >= 0.3 is 11.9 Å². The fourth-order valence-electron chi connectivity index (χ4n) is 3.18. The van der Waals surface area contributed by atoms with Gasteiger partial charge in [0.15, 0.2) is 0 Å². The summed E-state index contributed by atoms with van der Waals surface area (Å²) in [5.41, 5.74) is 5.08. The molecule has 0 bridgehead atoms. The van der Waals surface area contributed by atoms with E-state index in [1.54, 1.807) is 0 Å².